The molecule has 0 aliphatic carbocycles. The summed E-state index contributed by atoms with van der Waals surface area (Å²) < 4.78 is 37.2. The minimum absolute atomic E-state index is 0.268. The number of anilines is 2. The lowest BCUT2D eigenvalue weighted by molar-refractivity contribution is 0.603. The maximum atomic E-state index is 13.0. The van der Waals surface area contributed by atoms with Crippen molar-refractivity contribution in [3.63, 3.8) is 0 Å². The third kappa shape index (κ3) is 4.73. The summed E-state index contributed by atoms with van der Waals surface area (Å²) in [5, 5.41) is 8.07. The van der Waals surface area contributed by atoms with E-state index >= 15 is 0 Å². The Hall–Kier alpha value is -2.12. The molecule has 0 fully saturated rings. The largest absolute Gasteiger partial charge is 0.381 e. The summed E-state index contributed by atoms with van der Waals surface area (Å²) >= 11 is 0. The van der Waals surface area contributed by atoms with Crippen LogP contribution in [0, 0.1) is 12.7 Å². The van der Waals surface area contributed by atoms with Crippen LogP contribution < -0.4 is 15.2 Å². The zero-order valence-corrected chi connectivity index (χ0v) is 12.2. The Morgan fingerprint density at radius 1 is 1.14 bits per heavy atom. The molecule has 0 atom stereocenters. The standard InChI is InChI=1S/C14H16FN3O2S/c1-10-7-12(15)6-5-11(10)9-17-13-3-2-4-14(8-13)18-21(16,19)20/h2-8,17-18H,9H2,1H3,(H2,16,19,20). The molecule has 0 saturated heterocycles. The quantitative estimate of drug-likeness (QED) is 0.792. The molecule has 0 bridgehead atoms. The zero-order valence-electron chi connectivity index (χ0n) is 11.4. The Kier molecular flexibility index (Phi) is 4.44. The van der Waals surface area contributed by atoms with Gasteiger partial charge in [0, 0.05) is 12.2 Å². The van der Waals surface area contributed by atoms with Crippen molar-refractivity contribution in [3.05, 3.63) is 59.4 Å². The second kappa shape index (κ2) is 6.11. The van der Waals surface area contributed by atoms with Gasteiger partial charge in [0.15, 0.2) is 0 Å². The maximum absolute atomic E-state index is 13.0. The van der Waals surface area contributed by atoms with Crippen molar-refractivity contribution in [2.75, 3.05) is 10.0 Å². The highest BCUT2D eigenvalue weighted by Gasteiger charge is 2.04. The van der Waals surface area contributed by atoms with E-state index < -0.39 is 10.2 Å². The van der Waals surface area contributed by atoms with Gasteiger partial charge in [-0.05, 0) is 48.4 Å². The van der Waals surface area contributed by atoms with E-state index in [4.69, 9.17) is 5.14 Å². The van der Waals surface area contributed by atoms with Gasteiger partial charge < -0.3 is 5.32 Å². The summed E-state index contributed by atoms with van der Waals surface area (Å²) in [5.74, 6) is -0.268. The van der Waals surface area contributed by atoms with E-state index in [1.54, 1.807) is 30.3 Å². The third-order valence-corrected chi connectivity index (χ3v) is 3.43. The topological polar surface area (TPSA) is 84.2 Å². The van der Waals surface area contributed by atoms with Gasteiger partial charge in [-0.15, -0.1) is 0 Å². The lowest BCUT2D eigenvalue weighted by atomic mass is 10.1. The number of benzene rings is 2. The fourth-order valence-corrected chi connectivity index (χ4v) is 2.37. The first-order valence-corrected chi connectivity index (χ1v) is 7.77. The average Bonchev–Trinajstić information content (AvgIpc) is 2.36. The molecule has 5 nitrogen and oxygen atoms in total. The molecule has 21 heavy (non-hydrogen) atoms. The average molecular weight is 309 g/mol. The summed E-state index contributed by atoms with van der Waals surface area (Å²) in [6, 6.07) is 11.3. The number of aryl methyl sites for hydroxylation is 1. The van der Waals surface area contributed by atoms with Crippen LogP contribution in [0.3, 0.4) is 0 Å². The van der Waals surface area contributed by atoms with Gasteiger partial charge in [0.1, 0.15) is 5.82 Å². The number of nitrogens with two attached hydrogens (primary N) is 1. The molecule has 4 N–H and O–H groups in total. The van der Waals surface area contributed by atoms with Crippen molar-refractivity contribution in [1.29, 1.82) is 0 Å². The third-order valence-electron chi connectivity index (χ3n) is 2.91. The van der Waals surface area contributed by atoms with E-state index in [1.807, 2.05) is 6.92 Å². The van der Waals surface area contributed by atoms with Gasteiger partial charge in [-0.3, -0.25) is 4.72 Å². The highest BCUT2D eigenvalue weighted by atomic mass is 32.2. The van der Waals surface area contributed by atoms with Crippen molar-refractivity contribution in [2.45, 2.75) is 13.5 Å². The number of hydrogen-bond donors (Lipinski definition) is 3. The van der Waals surface area contributed by atoms with Gasteiger partial charge in [0.2, 0.25) is 0 Å². The fourth-order valence-electron chi connectivity index (χ4n) is 1.91. The van der Waals surface area contributed by atoms with Gasteiger partial charge in [0.05, 0.1) is 5.69 Å². The number of hydrogen-bond acceptors (Lipinski definition) is 3. The second-order valence-corrected chi connectivity index (χ2v) is 5.95. The van der Waals surface area contributed by atoms with Crippen LogP contribution >= 0.6 is 0 Å². The number of halogens is 1. The lowest BCUT2D eigenvalue weighted by Gasteiger charge is -2.11. The molecular formula is C14H16FN3O2S. The monoisotopic (exact) mass is 309 g/mol. The van der Waals surface area contributed by atoms with Gasteiger partial charge in [0.25, 0.3) is 10.2 Å². The smallest absolute Gasteiger partial charge is 0.296 e. The van der Waals surface area contributed by atoms with Gasteiger partial charge in [-0.2, -0.15) is 8.42 Å². The lowest BCUT2D eigenvalue weighted by Crippen LogP contribution is -2.21. The fraction of sp³-hybridized carbons (Fsp3) is 0.143. The van der Waals surface area contributed by atoms with Crippen molar-refractivity contribution < 1.29 is 12.8 Å². The first-order chi connectivity index (χ1) is 9.83. The van der Waals surface area contributed by atoms with Crippen molar-refractivity contribution in [3.8, 4) is 0 Å². The highest BCUT2D eigenvalue weighted by molar-refractivity contribution is 7.90. The van der Waals surface area contributed by atoms with Crippen LogP contribution in [0.2, 0.25) is 0 Å². The van der Waals surface area contributed by atoms with E-state index in [2.05, 4.69) is 10.0 Å². The molecule has 0 saturated carbocycles. The first-order valence-electron chi connectivity index (χ1n) is 6.23. The van der Waals surface area contributed by atoms with Crippen LogP contribution in [0.1, 0.15) is 11.1 Å². The molecule has 112 valence electrons. The van der Waals surface area contributed by atoms with E-state index in [-0.39, 0.29) is 5.82 Å². The molecule has 0 aliphatic rings. The molecule has 7 heteroatoms. The van der Waals surface area contributed by atoms with E-state index in [0.717, 1.165) is 16.8 Å². The van der Waals surface area contributed by atoms with Crippen molar-refractivity contribution in [1.82, 2.24) is 0 Å². The predicted molar refractivity (Wildman–Crippen MR) is 81.6 cm³/mol. The molecule has 0 amide bonds. The molecule has 0 spiro atoms. The summed E-state index contributed by atoms with van der Waals surface area (Å²) in [7, 11) is -3.79. The molecule has 0 unspecified atom stereocenters. The summed E-state index contributed by atoms with van der Waals surface area (Å²) in [6.07, 6.45) is 0. The number of nitrogens with one attached hydrogen (secondary N) is 2. The van der Waals surface area contributed by atoms with Crippen LogP contribution in [0.5, 0.6) is 0 Å². The highest BCUT2D eigenvalue weighted by Crippen LogP contribution is 2.18. The first kappa shape index (κ1) is 15.3. The second-order valence-electron chi connectivity index (χ2n) is 4.65. The van der Waals surface area contributed by atoms with Crippen LogP contribution in [0.4, 0.5) is 15.8 Å². The Morgan fingerprint density at radius 3 is 2.52 bits per heavy atom. The summed E-state index contributed by atoms with van der Waals surface area (Å²) in [4.78, 5) is 0. The van der Waals surface area contributed by atoms with Crippen LogP contribution in [0.15, 0.2) is 42.5 Å². The Morgan fingerprint density at radius 2 is 1.86 bits per heavy atom. The maximum Gasteiger partial charge on any atom is 0.296 e. The Balaban J connectivity index is 2.08. The van der Waals surface area contributed by atoms with E-state index in [1.165, 1.54) is 12.1 Å². The van der Waals surface area contributed by atoms with Gasteiger partial charge in [-0.1, -0.05) is 12.1 Å². The minimum atomic E-state index is -3.79. The van der Waals surface area contributed by atoms with Gasteiger partial charge >= 0.3 is 0 Å². The van der Waals surface area contributed by atoms with Crippen molar-refractivity contribution >= 4 is 21.6 Å². The molecule has 2 aromatic rings. The summed E-state index contributed by atoms with van der Waals surface area (Å²) in [5.41, 5.74) is 2.91. The number of rotatable bonds is 5. The summed E-state index contributed by atoms with van der Waals surface area (Å²) in [6.45, 7) is 2.34. The van der Waals surface area contributed by atoms with Crippen LogP contribution in [-0.4, -0.2) is 8.42 Å². The molecule has 0 heterocycles. The van der Waals surface area contributed by atoms with Crippen molar-refractivity contribution in [2.24, 2.45) is 5.14 Å². The SMILES string of the molecule is Cc1cc(F)ccc1CNc1cccc(NS(N)(=O)=O)c1. The minimum Gasteiger partial charge on any atom is -0.381 e. The molecule has 0 radical (unpaired) electrons. The Labute approximate surface area is 123 Å². The Bertz CT molecular complexity index is 748. The van der Waals surface area contributed by atoms with E-state index in [0.29, 0.717) is 12.2 Å². The van der Waals surface area contributed by atoms with Crippen LogP contribution in [0.25, 0.3) is 0 Å². The zero-order chi connectivity index (χ0) is 15.5. The molecular weight excluding hydrogens is 293 g/mol. The molecule has 0 aliphatic heterocycles. The normalized spacial score (nSPS) is 11.2. The van der Waals surface area contributed by atoms with Gasteiger partial charge in [-0.25, -0.2) is 9.53 Å². The van der Waals surface area contributed by atoms with E-state index in [9.17, 15) is 12.8 Å². The predicted octanol–water partition coefficient (Wildman–Crippen LogP) is 2.36. The van der Waals surface area contributed by atoms with Crippen LogP contribution in [-0.2, 0) is 16.8 Å². The molecule has 2 aromatic carbocycles. The molecule has 0 aromatic heterocycles. The molecule has 2 rings (SSSR count).